The number of nitrogens with one attached hydrogen (secondary N) is 1. The van der Waals surface area contributed by atoms with Gasteiger partial charge in [0.1, 0.15) is 17.1 Å². The average Bonchev–Trinajstić information content (AvgIpc) is 3.28. The largest absolute Gasteiger partial charge is 0.497 e. The summed E-state index contributed by atoms with van der Waals surface area (Å²) in [6, 6.07) is 18.7. The predicted octanol–water partition coefficient (Wildman–Crippen LogP) is 5.92. The van der Waals surface area contributed by atoms with E-state index in [1.165, 1.54) is 6.21 Å². The first kappa shape index (κ1) is 23.5. The highest BCUT2D eigenvalue weighted by atomic mass is 19.4. The van der Waals surface area contributed by atoms with Crippen LogP contribution in [0.4, 0.5) is 24.5 Å². The van der Waals surface area contributed by atoms with Crippen LogP contribution in [0.1, 0.15) is 11.1 Å². The Bertz CT molecular complexity index is 1370. The van der Waals surface area contributed by atoms with Gasteiger partial charge in [0.25, 0.3) is 5.69 Å². The minimum atomic E-state index is -4.70. The van der Waals surface area contributed by atoms with E-state index in [-0.39, 0.29) is 5.69 Å². The van der Waals surface area contributed by atoms with Crippen LogP contribution in [0, 0.1) is 10.1 Å². The summed E-state index contributed by atoms with van der Waals surface area (Å²) in [7, 11) is 1.56. The summed E-state index contributed by atoms with van der Waals surface area (Å²) in [5.74, 6) is 0.669. The van der Waals surface area contributed by atoms with Gasteiger partial charge in [-0.3, -0.25) is 15.5 Å². The molecule has 3 aromatic carbocycles. The molecule has 0 atom stereocenters. The molecule has 11 heteroatoms. The first-order chi connectivity index (χ1) is 16.8. The molecule has 8 nitrogen and oxygen atoms in total. The van der Waals surface area contributed by atoms with Gasteiger partial charge in [-0.15, -0.1) is 0 Å². The third-order valence-electron chi connectivity index (χ3n) is 5.04. The standard InChI is InChI=1S/C24H18F3N5O3/c1-35-20-10-7-16(8-11-20)23-17(15-31(30-23)19-5-3-2-4-6-19)14-28-29-21-12-9-18(24(25,26)27)13-22(21)32(33)34/h2-15,29H,1H3/b28-14-. The van der Waals surface area contributed by atoms with E-state index in [0.29, 0.717) is 23.1 Å². The van der Waals surface area contributed by atoms with Gasteiger partial charge in [-0.05, 0) is 48.5 Å². The van der Waals surface area contributed by atoms with Crippen molar-refractivity contribution in [3.8, 4) is 22.7 Å². The van der Waals surface area contributed by atoms with Crippen molar-refractivity contribution in [3.05, 3.63) is 100 Å². The predicted molar refractivity (Wildman–Crippen MR) is 125 cm³/mol. The van der Waals surface area contributed by atoms with Crippen LogP contribution < -0.4 is 10.2 Å². The number of nitro benzene ring substituents is 1. The maximum Gasteiger partial charge on any atom is 0.416 e. The zero-order chi connectivity index (χ0) is 25.0. The number of rotatable bonds is 7. The lowest BCUT2D eigenvalue weighted by molar-refractivity contribution is -0.384. The van der Waals surface area contributed by atoms with Crippen LogP contribution in [0.25, 0.3) is 16.9 Å². The third-order valence-corrected chi connectivity index (χ3v) is 5.04. The SMILES string of the molecule is COc1ccc(-c2nn(-c3ccccc3)cc2/C=N\Nc2ccc(C(F)(F)F)cc2[N+](=O)[O-])cc1. The summed E-state index contributed by atoms with van der Waals surface area (Å²) in [5, 5.41) is 20.0. The number of hydrogen-bond acceptors (Lipinski definition) is 6. The molecule has 0 aliphatic carbocycles. The molecular weight excluding hydrogens is 463 g/mol. The van der Waals surface area contributed by atoms with Crippen LogP contribution >= 0.6 is 0 Å². The van der Waals surface area contributed by atoms with Crippen LogP contribution in [0.3, 0.4) is 0 Å². The van der Waals surface area contributed by atoms with Crippen molar-refractivity contribution >= 4 is 17.6 Å². The summed E-state index contributed by atoms with van der Waals surface area (Å²) in [4.78, 5) is 10.4. The Morgan fingerprint density at radius 1 is 1.09 bits per heavy atom. The highest BCUT2D eigenvalue weighted by Gasteiger charge is 2.33. The lowest BCUT2D eigenvalue weighted by atomic mass is 10.1. The number of benzene rings is 3. The van der Waals surface area contributed by atoms with Crippen molar-refractivity contribution in [1.82, 2.24) is 9.78 Å². The number of halogens is 3. The molecular formula is C24H18F3N5O3. The number of methoxy groups -OCH3 is 1. The van der Waals surface area contributed by atoms with Gasteiger partial charge in [0.15, 0.2) is 0 Å². The van der Waals surface area contributed by atoms with Crippen molar-refractivity contribution in [2.75, 3.05) is 12.5 Å². The highest BCUT2D eigenvalue weighted by Crippen LogP contribution is 2.35. The van der Waals surface area contributed by atoms with Gasteiger partial charge >= 0.3 is 6.18 Å². The second-order valence-corrected chi connectivity index (χ2v) is 7.30. The van der Waals surface area contributed by atoms with E-state index >= 15 is 0 Å². The summed E-state index contributed by atoms with van der Waals surface area (Å²) in [6.45, 7) is 0. The van der Waals surface area contributed by atoms with Crippen molar-refractivity contribution in [2.45, 2.75) is 6.18 Å². The van der Waals surface area contributed by atoms with Crippen molar-refractivity contribution in [3.63, 3.8) is 0 Å². The van der Waals surface area contributed by atoms with Gasteiger partial charge in [0.2, 0.25) is 0 Å². The topological polar surface area (TPSA) is 94.6 Å². The fourth-order valence-electron chi connectivity index (χ4n) is 3.29. The van der Waals surface area contributed by atoms with Crippen molar-refractivity contribution < 1.29 is 22.8 Å². The molecule has 0 bridgehead atoms. The Morgan fingerprint density at radius 2 is 1.80 bits per heavy atom. The van der Waals surface area contributed by atoms with Crippen molar-refractivity contribution in [1.29, 1.82) is 0 Å². The fourth-order valence-corrected chi connectivity index (χ4v) is 3.29. The maximum atomic E-state index is 12.9. The second kappa shape index (κ2) is 9.67. The first-order valence-electron chi connectivity index (χ1n) is 10.2. The molecule has 0 unspecified atom stereocenters. The lowest BCUT2D eigenvalue weighted by Gasteiger charge is -2.08. The molecule has 0 aliphatic rings. The molecule has 0 saturated heterocycles. The highest BCUT2D eigenvalue weighted by molar-refractivity contribution is 5.89. The number of hydrogen-bond donors (Lipinski definition) is 1. The molecule has 0 saturated carbocycles. The van der Waals surface area contributed by atoms with Crippen molar-refractivity contribution in [2.24, 2.45) is 5.10 Å². The van der Waals surface area contributed by atoms with E-state index in [2.05, 4.69) is 15.6 Å². The normalized spacial score (nSPS) is 11.5. The quantitative estimate of drug-likeness (QED) is 0.201. The van der Waals surface area contributed by atoms with Crippen LogP contribution in [-0.4, -0.2) is 28.0 Å². The minimum absolute atomic E-state index is 0.180. The number of nitrogens with zero attached hydrogens (tertiary/aromatic N) is 4. The Morgan fingerprint density at radius 3 is 2.43 bits per heavy atom. The van der Waals surface area contributed by atoms with Crippen LogP contribution in [0.15, 0.2) is 84.1 Å². The van der Waals surface area contributed by atoms with E-state index < -0.39 is 22.4 Å². The van der Waals surface area contributed by atoms with Gasteiger partial charge in [-0.1, -0.05) is 18.2 Å². The Hall–Kier alpha value is -4.67. The molecule has 178 valence electrons. The lowest BCUT2D eigenvalue weighted by Crippen LogP contribution is -2.06. The van der Waals surface area contributed by atoms with Gasteiger partial charge < -0.3 is 4.74 Å². The summed E-state index contributed by atoms with van der Waals surface area (Å²) < 4.78 is 45.7. The van der Waals surface area contributed by atoms with Gasteiger partial charge in [-0.2, -0.15) is 23.4 Å². The van der Waals surface area contributed by atoms with Gasteiger partial charge in [0.05, 0.1) is 29.5 Å². The first-order valence-corrected chi connectivity index (χ1v) is 10.2. The van der Waals surface area contributed by atoms with Gasteiger partial charge in [-0.25, -0.2) is 4.68 Å². The summed E-state index contributed by atoms with van der Waals surface area (Å²) in [5.41, 5.74) is 3.14. The summed E-state index contributed by atoms with van der Waals surface area (Å²) in [6.07, 6.45) is -1.58. The summed E-state index contributed by atoms with van der Waals surface area (Å²) >= 11 is 0. The third kappa shape index (κ3) is 5.29. The Balaban J connectivity index is 1.68. The van der Waals surface area contributed by atoms with E-state index in [9.17, 15) is 23.3 Å². The smallest absolute Gasteiger partial charge is 0.416 e. The van der Waals surface area contributed by atoms with Crippen LogP contribution in [-0.2, 0) is 6.18 Å². The number of aromatic nitrogens is 2. The average molecular weight is 481 g/mol. The fraction of sp³-hybridized carbons (Fsp3) is 0.0833. The molecule has 1 aromatic heterocycles. The molecule has 0 amide bonds. The molecule has 0 fully saturated rings. The number of ether oxygens (including phenoxy) is 1. The van der Waals surface area contributed by atoms with E-state index in [0.717, 1.165) is 23.4 Å². The van der Waals surface area contributed by atoms with Crippen LogP contribution in [0.2, 0.25) is 0 Å². The zero-order valence-corrected chi connectivity index (χ0v) is 18.2. The second-order valence-electron chi connectivity index (χ2n) is 7.30. The monoisotopic (exact) mass is 481 g/mol. The number of para-hydroxylation sites is 1. The number of alkyl halides is 3. The van der Waals surface area contributed by atoms with Gasteiger partial charge in [0, 0.05) is 23.4 Å². The zero-order valence-electron chi connectivity index (χ0n) is 18.2. The molecule has 4 aromatic rings. The minimum Gasteiger partial charge on any atom is -0.497 e. The van der Waals surface area contributed by atoms with Crippen LogP contribution in [0.5, 0.6) is 5.75 Å². The molecule has 0 spiro atoms. The molecule has 1 N–H and O–H groups in total. The van der Waals surface area contributed by atoms with E-state index in [1.54, 1.807) is 30.1 Å². The maximum absolute atomic E-state index is 12.9. The molecule has 35 heavy (non-hydrogen) atoms. The van der Waals surface area contributed by atoms with E-state index in [1.807, 2.05) is 42.5 Å². The molecule has 1 heterocycles. The van der Waals surface area contributed by atoms with E-state index in [4.69, 9.17) is 4.74 Å². The number of hydrazone groups is 1. The molecule has 0 aliphatic heterocycles. The number of anilines is 1. The molecule has 4 rings (SSSR count). The Kier molecular flexibility index (Phi) is 6.49. The molecule has 0 radical (unpaired) electrons. The number of nitro groups is 1. The Labute approximate surface area is 197 Å².